The molecule has 176 valence electrons. The zero-order chi connectivity index (χ0) is 22.7. The van der Waals surface area contributed by atoms with Crippen LogP contribution in [0.2, 0.25) is 0 Å². The molecule has 2 N–H and O–H groups in total. The lowest BCUT2D eigenvalue weighted by atomic mass is 9.47. The number of rotatable bonds is 3. The molecule has 3 aliphatic carbocycles. The summed E-state index contributed by atoms with van der Waals surface area (Å²) in [4.78, 5) is 26.1. The van der Waals surface area contributed by atoms with Gasteiger partial charge in [-0.25, -0.2) is 4.79 Å². The minimum atomic E-state index is -0.430. The second-order valence-corrected chi connectivity index (χ2v) is 12.8. The fourth-order valence-corrected chi connectivity index (χ4v) is 8.76. The van der Waals surface area contributed by atoms with E-state index < -0.39 is 5.54 Å². The summed E-state index contributed by atoms with van der Waals surface area (Å²) in [5.41, 5.74) is -0.147. The molecule has 0 unspecified atom stereocenters. The second kappa shape index (κ2) is 7.75. The number of nitrogens with one attached hydrogen (secondary N) is 2. The summed E-state index contributed by atoms with van der Waals surface area (Å²) >= 11 is 1.66. The highest BCUT2D eigenvalue weighted by Crippen LogP contribution is 2.64. The SMILES string of the molecule is CC(C)(NC(=O)O[C@H]1CC[C@H]2[C@@H]3CC[C@H]4NC(=O)CC[C@]4(C)[C@H]3CC[C@]12C)c1cccs1. The van der Waals surface area contributed by atoms with Gasteiger partial charge in [0.05, 0.1) is 5.54 Å². The minimum Gasteiger partial charge on any atom is -0.446 e. The minimum absolute atomic E-state index is 0.0100. The highest BCUT2D eigenvalue weighted by Gasteiger charge is 2.61. The number of hydrogen-bond acceptors (Lipinski definition) is 4. The maximum Gasteiger partial charge on any atom is 0.408 e. The summed E-state index contributed by atoms with van der Waals surface area (Å²) in [7, 11) is 0. The van der Waals surface area contributed by atoms with E-state index in [1.165, 1.54) is 12.8 Å². The number of carbonyl (C=O) groups excluding carboxylic acids is 2. The molecule has 32 heavy (non-hydrogen) atoms. The monoisotopic (exact) mass is 458 g/mol. The smallest absolute Gasteiger partial charge is 0.408 e. The van der Waals surface area contributed by atoms with Crippen molar-refractivity contribution in [1.82, 2.24) is 10.6 Å². The normalized spacial score (nSPS) is 41.1. The highest BCUT2D eigenvalue weighted by molar-refractivity contribution is 7.10. The number of ether oxygens (including phenoxy) is 1. The first-order valence-corrected chi connectivity index (χ1v) is 13.3. The van der Waals surface area contributed by atoms with E-state index >= 15 is 0 Å². The quantitative estimate of drug-likeness (QED) is 0.620. The van der Waals surface area contributed by atoms with Gasteiger partial charge < -0.3 is 15.4 Å². The van der Waals surface area contributed by atoms with Crippen LogP contribution in [0.1, 0.15) is 83.9 Å². The van der Waals surface area contributed by atoms with Gasteiger partial charge in [-0.15, -0.1) is 11.3 Å². The number of thiophene rings is 1. The van der Waals surface area contributed by atoms with Gasteiger partial charge in [-0.05, 0) is 93.4 Å². The standard InChI is InChI=1S/C26H38N2O3S/c1-24(2,21-6-5-15-32-21)28-23(30)31-20-10-8-17-16-7-9-19-25(3,14-12-22(29)27-19)18(16)11-13-26(17,20)4/h5-6,15-20H,7-14H2,1-4H3,(H,27,29)(H,28,30)/t16-,17-,18-,19+,20-,25+,26-/m0/s1. The summed E-state index contributed by atoms with van der Waals surface area (Å²) < 4.78 is 6.14. The summed E-state index contributed by atoms with van der Waals surface area (Å²) in [5.74, 6) is 2.20. The predicted molar refractivity (Wildman–Crippen MR) is 126 cm³/mol. The molecule has 3 saturated carbocycles. The van der Waals surface area contributed by atoms with Crippen LogP contribution in [0.15, 0.2) is 17.5 Å². The van der Waals surface area contributed by atoms with Crippen molar-refractivity contribution >= 4 is 23.3 Å². The van der Waals surface area contributed by atoms with Crippen LogP contribution in [0, 0.1) is 28.6 Å². The van der Waals surface area contributed by atoms with Gasteiger partial charge in [0.15, 0.2) is 0 Å². The summed E-state index contributed by atoms with van der Waals surface area (Å²) in [6.07, 6.45) is 8.09. The summed E-state index contributed by atoms with van der Waals surface area (Å²) in [5, 5.41) is 8.46. The summed E-state index contributed by atoms with van der Waals surface area (Å²) in [6.45, 7) is 8.87. The third-order valence-corrected chi connectivity index (χ3v) is 11.0. The Kier molecular flexibility index (Phi) is 5.39. The van der Waals surface area contributed by atoms with E-state index in [0.717, 1.165) is 37.0 Å². The molecule has 4 aliphatic rings. The largest absolute Gasteiger partial charge is 0.446 e. The molecule has 0 spiro atoms. The van der Waals surface area contributed by atoms with E-state index in [-0.39, 0.29) is 28.9 Å². The molecule has 0 radical (unpaired) electrons. The number of hydrogen-bond donors (Lipinski definition) is 2. The van der Waals surface area contributed by atoms with Crippen LogP contribution in [0.5, 0.6) is 0 Å². The van der Waals surface area contributed by atoms with Crippen LogP contribution in [-0.4, -0.2) is 24.1 Å². The molecule has 7 atom stereocenters. The van der Waals surface area contributed by atoms with Crippen LogP contribution < -0.4 is 10.6 Å². The van der Waals surface area contributed by atoms with Crippen molar-refractivity contribution in [3.63, 3.8) is 0 Å². The van der Waals surface area contributed by atoms with Crippen molar-refractivity contribution in [2.75, 3.05) is 0 Å². The lowest BCUT2D eigenvalue weighted by Gasteiger charge is -2.60. The maximum atomic E-state index is 12.9. The molecule has 1 saturated heterocycles. The fourth-order valence-electron chi connectivity index (χ4n) is 7.96. The van der Waals surface area contributed by atoms with Gasteiger partial charge in [0.2, 0.25) is 5.91 Å². The molecule has 1 aromatic rings. The lowest BCUT2D eigenvalue weighted by Crippen LogP contribution is -2.61. The maximum absolute atomic E-state index is 12.9. The van der Waals surface area contributed by atoms with E-state index in [1.54, 1.807) is 11.3 Å². The molecule has 1 aromatic heterocycles. The number of fused-ring (bicyclic) bond motifs is 5. The molecule has 0 bridgehead atoms. The van der Waals surface area contributed by atoms with Crippen LogP contribution in [0.3, 0.4) is 0 Å². The van der Waals surface area contributed by atoms with Crippen molar-refractivity contribution < 1.29 is 14.3 Å². The Bertz CT molecular complexity index is 884. The molecule has 2 amide bonds. The molecule has 2 heterocycles. The number of alkyl carbamates (subject to hydrolysis) is 1. The van der Waals surface area contributed by atoms with Crippen LogP contribution in [-0.2, 0) is 15.1 Å². The first kappa shape index (κ1) is 22.2. The van der Waals surface area contributed by atoms with E-state index in [2.05, 4.69) is 30.5 Å². The topological polar surface area (TPSA) is 67.4 Å². The third-order valence-electron chi connectivity index (χ3n) is 9.81. The van der Waals surface area contributed by atoms with Crippen molar-refractivity contribution in [1.29, 1.82) is 0 Å². The molecular weight excluding hydrogens is 420 g/mol. The Labute approximate surface area is 196 Å². The molecule has 5 nitrogen and oxygen atoms in total. The zero-order valence-electron chi connectivity index (χ0n) is 19.9. The van der Waals surface area contributed by atoms with Crippen LogP contribution in [0.4, 0.5) is 4.79 Å². The fraction of sp³-hybridized carbons (Fsp3) is 0.769. The first-order valence-electron chi connectivity index (χ1n) is 12.5. The van der Waals surface area contributed by atoms with E-state index in [1.807, 2.05) is 25.3 Å². The molecule has 1 aliphatic heterocycles. The molecule has 6 heteroatoms. The Balaban J connectivity index is 1.28. The molecule has 0 aromatic carbocycles. The van der Waals surface area contributed by atoms with Crippen LogP contribution in [0.25, 0.3) is 0 Å². The van der Waals surface area contributed by atoms with Gasteiger partial charge >= 0.3 is 6.09 Å². The zero-order valence-corrected chi connectivity index (χ0v) is 20.7. The van der Waals surface area contributed by atoms with Crippen molar-refractivity contribution in [2.24, 2.45) is 28.6 Å². The van der Waals surface area contributed by atoms with E-state index in [0.29, 0.717) is 30.2 Å². The molecular formula is C26H38N2O3S. The van der Waals surface area contributed by atoms with Gasteiger partial charge in [-0.2, -0.15) is 0 Å². The highest BCUT2D eigenvalue weighted by atomic mass is 32.1. The molecule has 5 rings (SSSR count). The van der Waals surface area contributed by atoms with E-state index in [9.17, 15) is 9.59 Å². The molecule has 4 fully saturated rings. The van der Waals surface area contributed by atoms with Gasteiger partial charge in [0.1, 0.15) is 6.10 Å². The van der Waals surface area contributed by atoms with Crippen molar-refractivity contribution in [3.05, 3.63) is 22.4 Å². The number of piperidine rings is 1. The number of amides is 2. The van der Waals surface area contributed by atoms with Crippen LogP contribution >= 0.6 is 11.3 Å². The average molecular weight is 459 g/mol. The Morgan fingerprint density at radius 2 is 1.91 bits per heavy atom. The average Bonchev–Trinajstić information content (AvgIpc) is 3.37. The predicted octanol–water partition coefficient (Wildman–Crippen LogP) is 5.60. The lowest BCUT2D eigenvalue weighted by molar-refractivity contribution is -0.138. The van der Waals surface area contributed by atoms with Gasteiger partial charge in [0.25, 0.3) is 0 Å². The van der Waals surface area contributed by atoms with Gasteiger partial charge in [-0.3, -0.25) is 4.79 Å². The second-order valence-electron chi connectivity index (χ2n) is 11.8. The third kappa shape index (κ3) is 3.48. The first-order chi connectivity index (χ1) is 15.1. The Morgan fingerprint density at radius 3 is 2.66 bits per heavy atom. The van der Waals surface area contributed by atoms with Crippen molar-refractivity contribution in [2.45, 2.75) is 96.7 Å². The van der Waals surface area contributed by atoms with E-state index in [4.69, 9.17) is 4.74 Å². The Morgan fingerprint density at radius 1 is 1.12 bits per heavy atom. The van der Waals surface area contributed by atoms with Gasteiger partial charge in [-0.1, -0.05) is 19.9 Å². The van der Waals surface area contributed by atoms with Gasteiger partial charge in [0, 0.05) is 22.8 Å². The Hall–Kier alpha value is -1.56. The van der Waals surface area contributed by atoms with Crippen molar-refractivity contribution in [3.8, 4) is 0 Å². The number of carbonyl (C=O) groups is 2. The summed E-state index contributed by atoms with van der Waals surface area (Å²) in [6, 6.07) is 4.42.